The normalized spacial score (nSPS) is 22.3. The van der Waals surface area contributed by atoms with Crippen LogP contribution in [0.5, 0.6) is 0 Å². The molecule has 0 amide bonds. The number of aryl methyl sites for hydroxylation is 1. The van der Waals surface area contributed by atoms with Gasteiger partial charge in [0.05, 0.1) is 0 Å². The SMILES string of the molecule is Cc1cccc([C@@H]2CCCNC2)c1Br. The van der Waals surface area contributed by atoms with Gasteiger partial charge in [-0.15, -0.1) is 0 Å². The van der Waals surface area contributed by atoms with Crippen LogP contribution in [-0.4, -0.2) is 13.1 Å². The summed E-state index contributed by atoms with van der Waals surface area (Å²) in [6.45, 7) is 4.46. The van der Waals surface area contributed by atoms with Crippen molar-refractivity contribution in [2.24, 2.45) is 0 Å². The maximum Gasteiger partial charge on any atom is 0.0239 e. The zero-order chi connectivity index (χ0) is 9.97. The summed E-state index contributed by atoms with van der Waals surface area (Å²) in [5, 5.41) is 3.46. The Morgan fingerprint density at radius 2 is 2.29 bits per heavy atom. The van der Waals surface area contributed by atoms with Crippen LogP contribution in [0.1, 0.15) is 29.9 Å². The quantitative estimate of drug-likeness (QED) is 0.811. The zero-order valence-electron chi connectivity index (χ0n) is 8.52. The summed E-state index contributed by atoms with van der Waals surface area (Å²) in [5.74, 6) is 0.693. The van der Waals surface area contributed by atoms with Gasteiger partial charge in [-0.1, -0.05) is 34.1 Å². The first-order valence-corrected chi connectivity index (χ1v) is 6.04. The minimum absolute atomic E-state index is 0.693. The van der Waals surface area contributed by atoms with Crippen molar-refractivity contribution < 1.29 is 0 Å². The van der Waals surface area contributed by atoms with E-state index in [-0.39, 0.29) is 0 Å². The first-order chi connectivity index (χ1) is 6.79. The minimum Gasteiger partial charge on any atom is -0.316 e. The molecule has 14 heavy (non-hydrogen) atoms. The number of piperidine rings is 1. The van der Waals surface area contributed by atoms with E-state index in [0.717, 1.165) is 6.54 Å². The molecular weight excluding hydrogens is 238 g/mol. The molecule has 1 aromatic rings. The van der Waals surface area contributed by atoms with E-state index in [1.807, 2.05) is 0 Å². The average molecular weight is 254 g/mol. The van der Waals surface area contributed by atoms with Gasteiger partial charge in [-0.3, -0.25) is 0 Å². The Morgan fingerprint density at radius 1 is 1.43 bits per heavy atom. The summed E-state index contributed by atoms with van der Waals surface area (Å²) in [6.07, 6.45) is 2.61. The summed E-state index contributed by atoms with van der Waals surface area (Å²) in [7, 11) is 0. The number of hydrogen-bond acceptors (Lipinski definition) is 1. The molecule has 1 aliphatic heterocycles. The van der Waals surface area contributed by atoms with Crippen molar-refractivity contribution in [1.29, 1.82) is 0 Å². The second-order valence-electron chi connectivity index (χ2n) is 4.02. The van der Waals surface area contributed by atoms with E-state index < -0.39 is 0 Å². The number of hydrogen-bond donors (Lipinski definition) is 1. The number of nitrogens with one attached hydrogen (secondary N) is 1. The molecule has 2 heteroatoms. The van der Waals surface area contributed by atoms with E-state index in [9.17, 15) is 0 Å². The van der Waals surface area contributed by atoms with Crippen LogP contribution in [-0.2, 0) is 0 Å². The van der Waals surface area contributed by atoms with Gasteiger partial charge < -0.3 is 5.32 Å². The van der Waals surface area contributed by atoms with Crippen LogP contribution >= 0.6 is 15.9 Å². The molecule has 0 radical (unpaired) electrons. The van der Waals surface area contributed by atoms with Gasteiger partial charge in [-0.25, -0.2) is 0 Å². The smallest absolute Gasteiger partial charge is 0.0239 e. The van der Waals surface area contributed by atoms with Gasteiger partial charge in [0.1, 0.15) is 0 Å². The molecule has 0 bridgehead atoms. The minimum atomic E-state index is 0.693. The Morgan fingerprint density at radius 3 is 3.00 bits per heavy atom. The Hall–Kier alpha value is -0.340. The van der Waals surface area contributed by atoms with Gasteiger partial charge in [0.15, 0.2) is 0 Å². The van der Waals surface area contributed by atoms with E-state index >= 15 is 0 Å². The van der Waals surface area contributed by atoms with Gasteiger partial charge in [-0.05, 0) is 43.4 Å². The third-order valence-corrected chi connectivity index (χ3v) is 4.04. The fraction of sp³-hybridized carbons (Fsp3) is 0.500. The number of benzene rings is 1. The molecule has 2 rings (SSSR count). The maximum absolute atomic E-state index is 3.69. The summed E-state index contributed by atoms with van der Waals surface area (Å²) < 4.78 is 1.30. The lowest BCUT2D eigenvalue weighted by molar-refractivity contribution is 0.460. The van der Waals surface area contributed by atoms with Gasteiger partial charge in [0.25, 0.3) is 0 Å². The number of halogens is 1. The molecule has 1 saturated heterocycles. The molecule has 76 valence electrons. The van der Waals surface area contributed by atoms with Crippen molar-refractivity contribution in [2.45, 2.75) is 25.7 Å². The van der Waals surface area contributed by atoms with E-state index in [1.54, 1.807) is 0 Å². The molecule has 1 aliphatic rings. The average Bonchev–Trinajstić information content (AvgIpc) is 2.23. The largest absolute Gasteiger partial charge is 0.316 e. The Kier molecular flexibility index (Phi) is 3.24. The second kappa shape index (κ2) is 4.45. The topological polar surface area (TPSA) is 12.0 Å². The Balaban J connectivity index is 2.26. The lowest BCUT2D eigenvalue weighted by Gasteiger charge is -2.24. The van der Waals surface area contributed by atoms with E-state index in [2.05, 4.69) is 46.4 Å². The molecule has 1 atom stereocenters. The van der Waals surface area contributed by atoms with Crippen LogP contribution in [0.25, 0.3) is 0 Å². The van der Waals surface area contributed by atoms with Gasteiger partial charge in [0.2, 0.25) is 0 Å². The van der Waals surface area contributed by atoms with Crippen molar-refractivity contribution in [2.75, 3.05) is 13.1 Å². The first kappa shape index (κ1) is 10.2. The Labute approximate surface area is 94.0 Å². The van der Waals surface area contributed by atoms with E-state index in [4.69, 9.17) is 0 Å². The third-order valence-electron chi connectivity index (χ3n) is 2.96. The van der Waals surface area contributed by atoms with Crippen molar-refractivity contribution in [3.8, 4) is 0 Å². The van der Waals surface area contributed by atoms with Crippen LogP contribution < -0.4 is 5.32 Å². The van der Waals surface area contributed by atoms with E-state index in [1.165, 1.54) is 35.0 Å². The van der Waals surface area contributed by atoms with Crippen LogP contribution in [0.2, 0.25) is 0 Å². The second-order valence-corrected chi connectivity index (χ2v) is 4.81. The lowest BCUT2D eigenvalue weighted by atomic mass is 9.91. The summed E-state index contributed by atoms with van der Waals surface area (Å²) in [6, 6.07) is 6.56. The van der Waals surface area contributed by atoms with Crippen LogP contribution in [0.3, 0.4) is 0 Å². The van der Waals surface area contributed by atoms with Crippen molar-refractivity contribution in [3.05, 3.63) is 33.8 Å². The molecule has 1 N–H and O–H groups in total. The van der Waals surface area contributed by atoms with Gasteiger partial charge >= 0.3 is 0 Å². The highest BCUT2D eigenvalue weighted by molar-refractivity contribution is 9.10. The molecular formula is C12H16BrN. The third kappa shape index (κ3) is 2.01. The van der Waals surface area contributed by atoms with Gasteiger partial charge in [0, 0.05) is 11.0 Å². The van der Waals surface area contributed by atoms with Gasteiger partial charge in [-0.2, -0.15) is 0 Å². The zero-order valence-corrected chi connectivity index (χ0v) is 10.1. The molecule has 0 aromatic heterocycles. The lowest BCUT2D eigenvalue weighted by Crippen LogP contribution is -2.28. The standard InChI is InChI=1S/C12H16BrN/c1-9-4-2-6-11(12(9)13)10-5-3-7-14-8-10/h2,4,6,10,14H,3,5,7-8H2,1H3/t10-/m1/s1. The highest BCUT2D eigenvalue weighted by atomic mass is 79.9. The van der Waals surface area contributed by atoms with Crippen molar-refractivity contribution >= 4 is 15.9 Å². The molecule has 0 saturated carbocycles. The highest BCUT2D eigenvalue weighted by Gasteiger charge is 2.17. The predicted molar refractivity (Wildman–Crippen MR) is 63.7 cm³/mol. The molecule has 1 nitrogen and oxygen atoms in total. The molecule has 0 spiro atoms. The molecule has 1 fully saturated rings. The fourth-order valence-corrected chi connectivity index (χ4v) is 2.69. The molecule has 0 aliphatic carbocycles. The maximum atomic E-state index is 3.69. The molecule has 1 aromatic carbocycles. The summed E-state index contributed by atoms with van der Waals surface area (Å²) in [5.41, 5.74) is 2.81. The van der Waals surface area contributed by atoms with E-state index in [0.29, 0.717) is 5.92 Å². The van der Waals surface area contributed by atoms with Crippen molar-refractivity contribution in [1.82, 2.24) is 5.32 Å². The summed E-state index contributed by atoms with van der Waals surface area (Å²) in [4.78, 5) is 0. The monoisotopic (exact) mass is 253 g/mol. The molecule has 1 heterocycles. The number of rotatable bonds is 1. The summed E-state index contributed by atoms with van der Waals surface area (Å²) >= 11 is 3.69. The Bertz CT molecular complexity index is 316. The highest BCUT2D eigenvalue weighted by Crippen LogP contribution is 2.31. The van der Waals surface area contributed by atoms with Crippen LogP contribution in [0, 0.1) is 6.92 Å². The van der Waals surface area contributed by atoms with Crippen molar-refractivity contribution in [3.63, 3.8) is 0 Å². The van der Waals surface area contributed by atoms with Crippen LogP contribution in [0.15, 0.2) is 22.7 Å². The van der Waals surface area contributed by atoms with Crippen LogP contribution in [0.4, 0.5) is 0 Å². The predicted octanol–water partition coefficient (Wildman–Crippen LogP) is 3.22. The first-order valence-electron chi connectivity index (χ1n) is 5.25. The fourth-order valence-electron chi connectivity index (χ4n) is 2.10. The molecule has 0 unspecified atom stereocenters.